The maximum atomic E-state index is 12.0. The molecule has 5 heteroatoms. The summed E-state index contributed by atoms with van der Waals surface area (Å²) in [5.74, 6) is 0.948. The fourth-order valence-corrected chi connectivity index (χ4v) is 2.78. The van der Waals surface area contributed by atoms with Crippen LogP contribution in [0.2, 0.25) is 0 Å². The molecule has 17 heavy (non-hydrogen) atoms. The molecule has 2 aliphatic heterocycles. The highest BCUT2D eigenvalue weighted by molar-refractivity contribution is 7.80. The fraction of sp³-hybridized carbons (Fsp3) is 0.917. The molecule has 2 heterocycles. The average molecular weight is 259 g/mol. The summed E-state index contributed by atoms with van der Waals surface area (Å²) in [7, 11) is 0. The van der Waals surface area contributed by atoms with Crippen molar-refractivity contribution in [3.8, 4) is 0 Å². The summed E-state index contributed by atoms with van der Waals surface area (Å²) in [6, 6.07) is 0. The topological polar surface area (TPSA) is 47.6 Å². The number of rotatable bonds is 3. The number of carbonyl (C=O) groups is 1. The summed E-state index contributed by atoms with van der Waals surface area (Å²) in [6.45, 7) is 2.85. The maximum Gasteiger partial charge on any atom is 0.223 e. The minimum Gasteiger partial charge on any atom is -0.381 e. The van der Waals surface area contributed by atoms with Crippen LogP contribution in [0, 0.1) is 5.92 Å². The third kappa shape index (κ3) is 3.36. The zero-order valence-corrected chi connectivity index (χ0v) is 11.0. The quantitative estimate of drug-likeness (QED) is 0.744. The number of amides is 1. The minimum absolute atomic E-state index is 0.0977. The summed E-state index contributed by atoms with van der Waals surface area (Å²) < 4.78 is 11.3. The van der Waals surface area contributed by atoms with E-state index in [1.165, 1.54) is 0 Å². The van der Waals surface area contributed by atoms with Crippen molar-refractivity contribution in [1.82, 2.24) is 5.32 Å². The van der Waals surface area contributed by atoms with Gasteiger partial charge < -0.3 is 14.8 Å². The molecule has 0 bridgehead atoms. The van der Waals surface area contributed by atoms with Crippen LogP contribution in [0.5, 0.6) is 0 Å². The Morgan fingerprint density at radius 3 is 2.82 bits per heavy atom. The van der Waals surface area contributed by atoms with Gasteiger partial charge in [-0.1, -0.05) is 0 Å². The van der Waals surface area contributed by atoms with Crippen LogP contribution in [0.15, 0.2) is 0 Å². The van der Waals surface area contributed by atoms with Crippen LogP contribution in [-0.4, -0.2) is 43.6 Å². The van der Waals surface area contributed by atoms with Crippen LogP contribution >= 0.6 is 12.6 Å². The van der Waals surface area contributed by atoms with Crippen LogP contribution in [0.4, 0.5) is 0 Å². The molecule has 4 nitrogen and oxygen atoms in total. The lowest BCUT2D eigenvalue weighted by atomic mass is 9.80. The van der Waals surface area contributed by atoms with Crippen molar-refractivity contribution in [2.24, 2.45) is 5.92 Å². The van der Waals surface area contributed by atoms with Crippen molar-refractivity contribution in [3.63, 3.8) is 0 Å². The highest BCUT2D eigenvalue weighted by Crippen LogP contribution is 2.36. The van der Waals surface area contributed by atoms with Gasteiger partial charge in [-0.3, -0.25) is 4.79 Å². The monoisotopic (exact) mass is 259 g/mol. The van der Waals surface area contributed by atoms with Crippen molar-refractivity contribution in [3.05, 3.63) is 0 Å². The van der Waals surface area contributed by atoms with E-state index >= 15 is 0 Å². The molecule has 0 radical (unpaired) electrons. The number of ether oxygens (including phenoxy) is 2. The van der Waals surface area contributed by atoms with E-state index < -0.39 is 0 Å². The normalized spacial score (nSPS) is 27.9. The number of carbonyl (C=O) groups excluding carboxylic acids is 1. The Hall–Kier alpha value is -0.260. The number of hydrogen-bond acceptors (Lipinski definition) is 4. The Kier molecular flexibility index (Phi) is 4.70. The van der Waals surface area contributed by atoms with Crippen LogP contribution < -0.4 is 5.32 Å². The van der Waals surface area contributed by atoms with Crippen molar-refractivity contribution in [2.75, 3.05) is 32.1 Å². The first kappa shape index (κ1) is 13.2. The van der Waals surface area contributed by atoms with Gasteiger partial charge in [0.2, 0.25) is 5.91 Å². The zero-order chi connectivity index (χ0) is 12.1. The molecule has 2 saturated heterocycles. The van der Waals surface area contributed by atoms with Gasteiger partial charge in [-0.05, 0) is 25.7 Å². The number of hydrogen-bond donors (Lipinski definition) is 2. The lowest BCUT2D eigenvalue weighted by Gasteiger charge is -2.42. The predicted molar refractivity (Wildman–Crippen MR) is 68.3 cm³/mol. The molecular formula is C12H21NO3S. The number of nitrogens with one attached hydrogen (secondary N) is 1. The van der Waals surface area contributed by atoms with Gasteiger partial charge in [-0.2, -0.15) is 12.6 Å². The Morgan fingerprint density at radius 2 is 2.12 bits per heavy atom. The van der Waals surface area contributed by atoms with Gasteiger partial charge in [0.15, 0.2) is 0 Å². The average Bonchev–Trinajstić information content (AvgIpc) is 2.37. The standard InChI is InChI=1S/C12H21NO3S/c14-11(13-4-8-17)10-1-5-16-12(9-10)2-6-15-7-3-12/h10,17H,1-9H2,(H,13,14). The first-order chi connectivity index (χ1) is 8.26. The van der Waals surface area contributed by atoms with E-state index in [0.29, 0.717) is 18.9 Å². The van der Waals surface area contributed by atoms with Crippen LogP contribution in [-0.2, 0) is 14.3 Å². The van der Waals surface area contributed by atoms with Gasteiger partial charge in [0.05, 0.1) is 5.60 Å². The van der Waals surface area contributed by atoms with Crippen LogP contribution in [0.3, 0.4) is 0 Å². The molecule has 0 aromatic heterocycles. The first-order valence-corrected chi connectivity index (χ1v) is 6.99. The van der Waals surface area contributed by atoms with Gasteiger partial charge >= 0.3 is 0 Å². The summed E-state index contributed by atoms with van der Waals surface area (Å²) in [4.78, 5) is 12.0. The highest BCUT2D eigenvalue weighted by Gasteiger charge is 2.40. The predicted octanol–water partition coefficient (Wildman–Crippen LogP) is 1.01. The minimum atomic E-state index is -0.0977. The van der Waals surface area contributed by atoms with Gasteiger partial charge in [-0.25, -0.2) is 0 Å². The van der Waals surface area contributed by atoms with E-state index in [9.17, 15) is 4.79 Å². The second-order valence-electron chi connectivity index (χ2n) is 4.85. The van der Waals surface area contributed by atoms with Crippen molar-refractivity contribution in [1.29, 1.82) is 0 Å². The molecule has 1 N–H and O–H groups in total. The third-order valence-electron chi connectivity index (χ3n) is 3.68. The Bertz CT molecular complexity index is 261. The molecule has 1 amide bonds. The van der Waals surface area contributed by atoms with Gasteiger partial charge in [-0.15, -0.1) is 0 Å². The van der Waals surface area contributed by atoms with Crippen LogP contribution in [0.25, 0.3) is 0 Å². The Labute approximate surface area is 108 Å². The lowest BCUT2D eigenvalue weighted by molar-refractivity contribution is -0.158. The van der Waals surface area contributed by atoms with E-state index in [-0.39, 0.29) is 17.4 Å². The molecule has 1 spiro atoms. The van der Waals surface area contributed by atoms with E-state index in [2.05, 4.69) is 17.9 Å². The molecule has 2 aliphatic rings. The molecule has 2 rings (SSSR count). The second-order valence-corrected chi connectivity index (χ2v) is 5.30. The zero-order valence-electron chi connectivity index (χ0n) is 10.1. The Morgan fingerprint density at radius 1 is 1.35 bits per heavy atom. The molecule has 0 saturated carbocycles. The summed E-state index contributed by atoms with van der Waals surface area (Å²) in [5.41, 5.74) is -0.0977. The van der Waals surface area contributed by atoms with Gasteiger partial charge in [0.25, 0.3) is 0 Å². The molecule has 1 unspecified atom stereocenters. The molecule has 0 aromatic carbocycles. The number of thiol groups is 1. The van der Waals surface area contributed by atoms with E-state index in [0.717, 1.165) is 38.9 Å². The third-order valence-corrected chi connectivity index (χ3v) is 3.90. The maximum absolute atomic E-state index is 12.0. The SMILES string of the molecule is O=C(NCCS)C1CCOC2(CCOCC2)C1. The molecule has 2 fully saturated rings. The highest BCUT2D eigenvalue weighted by atomic mass is 32.1. The molecular weight excluding hydrogens is 238 g/mol. The van der Waals surface area contributed by atoms with Crippen LogP contribution in [0.1, 0.15) is 25.7 Å². The summed E-state index contributed by atoms with van der Waals surface area (Å²) in [6.07, 6.45) is 3.52. The lowest BCUT2D eigenvalue weighted by Crippen LogP contribution is -2.48. The van der Waals surface area contributed by atoms with Crippen molar-refractivity contribution in [2.45, 2.75) is 31.3 Å². The van der Waals surface area contributed by atoms with Gasteiger partial charge in [0, 0.05) is 38.0 Å². The van der Waals surface area contributed by atoms with E-state index in [1.54, 1.807) is 0 Å². The summed E-state index contributed by atoms with van der Waals surface area (Å²) in [5, 5.41) is 2.92. The smallest absolute Gasteiger partial charge is 0.223 e. The largest absolute Gasteiger partial charge is 0.381 e. The molecule has 0 aromatic rings. The van der Waals surface area contributed by atoms with Gasteiger partial charge in [0.1, 0.15) is 0 Å². The first-order valence-electron chi connectivity index (χ1n) is 6.36. The molecule has 98 valence electrons. The van der Waals surface area contributed by atoms with Crippen molar-refractivity contribution >= 4 is 18.5 Å². The second kappa shape index (κ2) is 6.07. The Balaban J connectivity index is 1.89. The summed E-state index contributed by atoms with van der Waals surface area (Å²) >= 11 is 4.10. The molecule has 0 aliphatic carbocycles. The fourth-order valence-electron chi connectivity index (χ4n) is 2.67. The van der Waals surface area contributed by atoms with E-state index in [4.69, 9.17) is 9.47 Å². The molecule has 1 atom stereocenters. The van der Waals surface area contributed by atoms with Crippen molar-refractivity contribution < 1.29 is 14.3 Å². The van der Waals surface area contributed by atoms with E-state index in [1.807, 2.05) is 0 Å².